The van der Waals surface area contributed by atoms with Gasteiger partial charge in [0, 0.05) is 129 Å². The molecule has 20 aromatic rings. The molecule has 0 aliphatic carbocycles. The van der Waals surface area contributed by atoms with Gasteiger partial charge in [0.05, 0.1) is 50.4 Å². The van der Waals surface area contributed by atoms with Gasteiger partial charge in [0.2, 0.25) is 28.3 Å². The number of nitrogens with one attached hydrogen (secondary N) is 10. The number of nitrogens with zero attached hydrogens (tertiary/aromatic N) is 16. The summed E-state index contributed by atoms with van der Waals surface area (Å²) in [5, 5.41) is 74.8. The Morgan fingerprint density at radius 3 is 1.21 bits per heavy atom. The van der Waals surface area contributed by atoms with Gasteiger partial charge in [0.15, 0.2) is 63.1 Å². The van der Waals surface area contributed by atoms with Gasteiger partial charge in [-0.2, -0.15) is 25.5 Å². The summed E-state index contributed by atoms with van der Waals surface area (Å²) in [6, 6.07) is 35.7. The van der Waals surface area contributed by atoms with E-state index in [0.29, 0.717) is 113 Å². The van der Waals surface area contributed by atoms with Gasteiger partial charge >= 0.3 is 0 Å². The predicted octanol–water partition coefficient (Wildman–Crippen LogP) is 20.4. The van der Waals surface area contributed by atoms with Gasteiger partial charge in [0.25, 0.3) is 0 Å². The van der Waals surface area contributed by atoms with Gasteiger partial charge in [-0.1, -0.05) is 68.8 Å². The van der Waals surface area contributed by atoms with Gasteiger partial charge in [-0.25, -0.2) is 36.9 Å². The molecule has 0 spiro atoms. The number of hydrogen-bond donors (Lipinski definition) is 10. The minimum Gasteiger partial charge on any atom is -0.356 e. The first-order valence-corrected chi connectivity index (χ1v) is 35.1. The van der Waals surface area contributed by atoms with Crippen molar-refractivity contribution < 1.29 is 44.6 Å². The van der Waals surface area contributed by atoms with E-state index in [-0.39, 0.29) is 57.3 Å². The third kappa shape index (κ3) is 17.1. The van der Waals surface area contributed by atoms with Crippen LogP contribution in [0.25, 0.3) is 110 Å². The second-order valence-electron chi connectivity index (χ2n) is 27.5. The molecular formula is C80H77F5N26O5. The monoisotopic (exact) mass is 1580 g/mol. The molecule has 0 saturated carbocycles. The quantitative estimate of drug-likeness (QED) is 0.0426. The van der Waals surface area contributed by atoms with E-state index in [2.05, 4.69) is 160 Å². The first-order chi connectivity index (χ1) is 54.6. The van der Waals surface area contributed by atoms with Crippen LogP contribution in [0, 0.1) is 43.6 Å². The normalized spacial score (nSPS) is 11.4. The Morgan fingerprint density at radius 1 is 0.353 bits per heavy atom. The molecule has 5 aromatic carbocycles. The van der Waals surface area contributed by atoms with Gasteiger partial charge in [0.1, 0.15) is 22.4 Å². The van der Waals surface area contributed by atoms with Crippen LogP contribution in [0.3, 0.4) is 0 Å². The fraction of sp³-hybridized carbons (Fsp3) is 0.200. The van der Waals surface area contributed by atoms with Crippen molar-refractivity contribution in [2.45, 2.75) is 102 Å². The van der Waals surface area contributed by atoms with Gasteiger partial charge in [-0.3, -0.25) is 40.4 Å². The number of halogens is 5. The lowest BCUT2D eigenvalue weighted by atomic mass is 9.89. The van der Waals surface area contributed by atoms with Gasteiger partial charge in [-0.05, 0) is 143 Å². The number of alkyl halides is 2. The van der Waals surface area contributed by atoms with Crippen LogP contribution >= 0.6 is 0 Å². The summed E-state index contributed by atoms with van der Waals surface area (Å²) in [6.45, 7) is 12.9. The molecule has 31 nitrogen and oxygen atoms in total. The molecule has 0 aliphatic heterocycles. The topological polar surface area (TPSA) is 411 Å². The summed E-state index contributed by atoms with van der Waals surface area (Å²) in [7, 11) is 0. The molecule has 0 radical (unpaired) electrons. The summed E-state index contributed by atoms with van der Waals surface area (Å²) in [4.78, 5) is 25.3. The van der Waals surface area contributed by atoms with E-state index in [1.807, 2.05) is 66.7 Å². The lowest BCUT2D eigenvalue weighted by Crippen LogP contribution is -2.10. The minimum absolute atomic E-state index is 0. The third-order valence-electron chi connectivity index (χ3n) is 17.9. The SMILES string of the molecule is C.C.C.CC(C)(C)CCc1noc2cc(Nc3n[nH]c4cccnc34)ccc12.CC(F)(F)CCc1noc2cc(Nc3n[nH]c4cccnc34)ccc12.Cc1noc2c(F)cc(Nc3[nH]nc4ncccc34)cc12.Cc1noc2c(F)cc(Nc3[nH]nc4nccnc34)cc12.Cc1noc2c(F)cc(Nc3n[nH]c4cccnc34)cc12. The van der Waals surface area contributed by atoms with E-state index >= 15 is 0 Å². The van der Waals surface area contributed by atoms with Crippen molar-refractivity contribution in [2.24, 2.45) is 5.41 Å². The molecule has 116 heavy (non-hydrogen) atoms. The number of pyridine rings is 4. The number of rotatable bonds is 15. The fourth-order valence-corrected chi connectivity index (χ4v) is 12.2. The molecule has 0 unspecified atom stereocenters. The molecule has 15 aromatic heterocycles. The highest BCUT2D eigenvalue weighted by molar-refractivity contribution is 5.95. The van der Waals surface area contributed by atoms with Crippen LogP contribution in [0.2, 0.25) is 0 Å². The van der Waals surface area contributed by atoms with E-state index in [1.165, 1.54) is 18.2 Å². The molecule has 0 fully saturated rings. The van der Waals surface area contributed by atoms with Crippen LogP contribution in [0.5, 0.6) is 0 Å². The molecule has 20 rings (SSSR count). The number of aryl methyl sites for hydroxylation is 5. The second kappa shape index (κ2) is 33.2. The van der Waals surface area contributed by atoms with Crippen LogP contribution in [0.1, 0.15) is 91.3 Å². The number of aromatic nitrogens is 21. The van der Waals surface area contributed by atoms with Crippen molar-refractivity contribution in [2.75, 3.05) is 26.6 Å². The number of hydrogen-bond acceptors (Lipinski definition) is 26. The number of fused-ring (bicyclic) bond motifs is 10. The highest BCUT2D eigenvalue weighted by Gasteiger charge is 2.24. The van der Waals surface area contributed by atoms with Crippen molar-refractivity contribution >= 4 is 168 Å². The maximum absolute atomic E-state index is 14.0. The smallest absolute Gasteiger partial charge is 0.245 e. The van der Waals surface area contributed by atoms with Gasteiger partial charge in [-0.15, -0.1) is 0 Å². The van der Waals surface area contributed by atoms with E-state index in [1.54, 1.807) is 88.3 Å². The van der Waals surface area contributed by atoms with E-state index in [0.717, 1.165) is 86.2 Å². The number of anilines is 10. The van der Waals surface area contributed by atoms with Gasteiger partial charge < -0.3 is 49.2 Å². The molecule has 0 aliphatic rings. The molecule has 0 saturated heterocycles. The molecule has 0 amide bonds. The molecular weight excluding hydrogens is 1500 g/mol. The maximum atomic E-state index is 14.0. The van der Waals surface area contributed by atoms with Crippen LogP contribution < -0.4 is 26.6 Å². The molecule has 10 N–H and O–H groups in total. The highest BCUT2D eigenvalue weighted by Crippen LogP contribution is 2.36. The van der Waals surface area contributed by atoms with Crippen molar-refractivity contribution in [1.29, 1.82) is 0 Å². The zero-order valence-corrected chi connectivity index (χ0v) is 60.9. The lowest BCUT2D eigenvalue weighted by molar-refractivity contribution is 0.0130. The summed E-state index contributed by atoms with van der Waals surface area (Å²) in [5.74, 6) is -1.09. The van der Waals surface area contributed by atoms with Crippen molar-refractivity contribution in [1.82, 2.24) is 107 Å². The highest BCUT2D eigenvalue weighted by atomic mass is 19.3. The zero-order valence-electron chi connectivity index (χ0n) is 60.9. The van der Waals surface area contributed by atoms with Crippen molar-refractivity contribution in [3.63, 3.8) is 0 Å². The minimum atomic E-state index is -2.72. The summed E-state index contributed by atoms with van der Waals surface area (Å²) in [6.07, 6.45) is 11.8. The second-order valence-corrected chi connectivity index (χ2v) is 27.5. The van der Waals surface area contributed by atoms with E-state index in [4.69, 9.17) is 22.6 Å². The van der Waals surface area contributed by atoms with E-state index in [9.17, 15) is 22.0 Å². The first kappa shape index (κ1) is 79.2. The average Bonchev–Trinajstić information content (AvgIpc) is 1.66. The molecule has 0 bridgehead atoms. The van der Waals surface area contributed by atoms with Crippen LogP contribution in [0.4, 0.5) is 79.5 Å². The van der Waals surface area contributed by atoms with Crippen molar-refractivity contribution in [3.05, 3.63) is 204 Å². The number of benzene rings is 5. The largest absolute Gasteiger partial charge is 0.356 e. The first-order valence-electron chi connectivity index (χ1n) is 35.1. The summed E-state index contributed by atoms with van der Waals surface area (Å²) >= 11 is 0. The Balaban J connectivity index is 0.000000126. The Labute approximate surface area is 654 Å². The predicted molar refractivity (Wildman–Crippen MR) is 435 cm³/mol. The van der Waals surface area contributed by atoms with Crippen LogP contribution in [0.15, 0.2) is 181 Å². The molecule has 0 atom stereocenters. The number of aromatic amines is 5. The Hall–Kier alpha value is -14.9. The molecule has 592 valence electrons. The average molecular weight is 1580 g/mol. The number of H-pyrrole nitrogens is 5. The third-order valence-corrected chi connectivity index (χ3v) is 17.9. The zero-order chi connectivity index (χ0) is 78.1. The Morgan fingerprint density at radius 2 is 0.741 bits per heavy atom. The lowest BCUT2D eigenvalue weighted by Gasteiger charge is -2.16. The fourth-order valence-electron chi connectivity index (χ4n) is 12.2. The summed E-state index contributed by atoms with van der Waals surface area (Å²) < 4.78 is 93.7. The summed E-state index contributed by atoms with van der Waals surface area (Å²) in [5.41, 5.74) is 15.3. The Bertz CT molecular complexity index is 6280. The van der Waals surface area contributed by atoms with Crippen LogP contribution in [-0.2, 0) is 12.8 Å². The maximum Gasteiger partial charge on any atom is 0.245 e. The van der Waals surface area contributed by atoms with Crippen molar-refractivity contribution in [3.8, 4) is 0 Å². The van der Waals surface area contributed by atoms with Crippen LogP contribution in [-0.4, -0.2) is 113 Å². The molecule has 36 heteroatoms. The van der Waals surface area contributed by atoms with E-state index < -0.39 is 23.4 Å². The standard InChI is InChI=1S/C19H21N5O.C17H15F2N5O.2C14H10FN5O.C13H9FN6O.3CH4/c1-19(2,3)9-8-14-13-7-6-12(11-16(13)25-24-14)21-18-17-15(22-23-18)5-4-10-20-17;1-17(18,19)7-6-12-11-5-4-10(9-14(11)25-24-12)21-16-15-13(22-23-16)3-2-8-20-15;1-7-9-5-8(6-10(15)13(9)21-20-7)17-14-12-11(18-19-14)3-2-4-16-12;1-7-10-5-8(6-11(15)12(10)21-20-7)17-14-9-3-2-4-16-13(9)18-19-14;1-6-8-4-7(5-9(14)11(8)21-20-6)17-13-10-12(18-19-13)16-3-2-15-10;;;/h4-7,10-11H,8-9H2,1-3H3,(H2,21,22,23);2-5,8-9H,6-7H2,1H3,(H2,21,22,23);2-6H,1H3,(H2,17,18,19);2-6H,1H3,(H2,16,17,18,19);2-5H,1H3,(H2,16,17,18,19);3*1H4. The Kier molecular flexibility index (Phi) is 22.7. The molecule has 15 heterocycles.